The standard InChI is InChI=1S/C24H23NO4/c1-4-16-21(27)20-18(26)12-19(29-23(20)24(5-2,6-3)22(16)28)15-11-14-9-7-8-10-17(14)25-13-15/h7-13,27H,4-6H2,1-3H3. The van der Waals surface area contributed by atoms with Crippen LogP contribution < -0.4 is 5.43 Å². The van der Waals surface area contributed by atoms with E-state index in [9.17, 15) is 14.7 Å². The predicted octanol–water partition coefficient (Wildman–Crippen LogP) is 5.17. The summed E-state index contributed by atoms with van der Waals surface area (Å²) in [5.74, 6) is 0.200. The number of pyridine rings is 1. The maximum absolute atomic E-state index is 13.3. The van der Waals surface area contributed by atoms with Crippen molar-refractivity contribution in [3.05, 3.63) is 69.7 Å². The van der Waals surface area contributed by atoms with E-state index in [1.54, 1.807) is 13.1 Å². The fraction of sp³-hybridized carbons (Fsp3) is 0.292. The summed E-state index contributed by atoms with van der Waals surface area (Å²) >= 11 is 0. The van der Waals surface area contributed by atoms with Crippen molar-refractivity contribution in [3.63, 3.8) is 0 Å². The van der Waals surface area contributed by atoms with Gasteiger partial charge in [0.2, 0.25) is 0 Å². The van der Waals surface area contributed by atoms with Gasteiger partial charge >= 0.3 is 0 Å². The molecule has 0 bridgehead atoms. The average molecular weight is 389 g/mol. The molecular formula is C24H23NO4. The normalized spacial score (nSPS) is 15.6. The van der Waals surface area contributed by atoms with Crippen LogP contribution in [0.3, 0.4) is 0 Å². The third-order valence-electron chi connectivity index (χ3n) is 6.05. The number of hydrogen-bond donors (Lipinski definition) is 1. The lowest BCUT2D eigenvalue weighted by atomic mass is 9.68. The molecule has 5 nitrogen and oxygen atoms in total. The maximum Gasteiger partial charge on any atom is 0.196 e. The Morgan fingerprint density at radius 2 is 1.79 bits per heavy atom. The summed E-state index contributed by atoms with van der Waals surface area (Å²) in [6, 6.07) is 11.0. The van der Waals surface area contributed by atoms with Crippen LogP contribution in [0.15, 0.2) is 57.4 Å². The summed E-state index contributed by atoms with van der Waals surface area (Å²) in [6.45, 7) is 5.62. The number of hydrogen-bond acceptors (Lipinski definition) is 5. The molecule has 2 aromatic heterocycles. The third-order valence-corrected chi connectivity index (χ3v) is 6.05. The zero-order valence-corrected chi connectivity index (χ0v) is 16.8. The number of para-hydroxylation sites is 1. The van der Waals surface area contributed by atoms with Crippen molar-refractivity contribution in [1.82, 2.24) is 4.98 Å². The molecule has 0 saturated carbocycles. The van der Waals surface area contributed by atoms with Gasteiger partial charge in [-0.05, 0) is 31.4 Å². The topological polar surface area (TPSA) is 80.4 Å². The van der Waals surface area contributed by atoms with Gasteiger partial charge in [-0.2, -0.15) is 0 Å². The van der Waals surface area contributed by atoms with Crippen molar-refractivity contribution < 1.29 is 14.3 Å². The largest absolute Gasteiger partial charge is 0.507 e. The number of carbonyl (C=O) groups is 1. The van der Waals surface area contributed by atoms with E-state index in [1.807, 2.05) is 44.2 Å². The van der Waals surface area contributed by atoms with Crippen molar-refractivity contribution in [2.24, 2.45) is 0 Å². The summed E-state index contributed by atoms with van der Waals surface area (Å²) in [5, 5.41) is 11.6. The molecule has 0 atom stereocenters. The van der Waals surface area contributed by atoms with Gasteiger partial charge in [-0.1, -0.05) is 39.0 Å². The van der Waals surface area contributed by atoms with Crippen LogP contribution in [-0.4, -0.2) is 15.9 Å². The number of nitrogens with zero attached hydrogens (tertiary/aromatic N) is 1. The van der Waals surface area contributed by atoms with Crippen molar-refractivity contribution in [2.45, 2.75) is 45.4 Å². The lowest BCUT2D eigenvalue weighted by Crippen LogP contribution is -2.41. The second kappa shape index (κ2) is 6.99. The van der Waals surface area contributed by atoms with Gasteiger partial charge in [0.1, 0.15) is 22.8 Å². The molecule has 1 N–H and O–H groups in total. The van der Waals surface area contributed by atoms with Gasteiger partial charge in [0, 0.05) is 28.8 Å². The Morgan fingerprint density at radius 1 is 1.07 bits per heavy atom. The van der Waals surface area contributed by atoms with Gasteiger partial charge in [0.05, 0.1) is 10.9 Å². The van der Waals surface area contributed by atoms with E-state index in [4.69, 9.17) is 4.42 Å². The minimum absolute atomic E-state index is 0.114. The van der Waals surface area contributed by atoms with E-state index in [-0.39, 0.29) is 28.3 Å². The molecule has 2 heterocycles. The van der Waals surface area contributed by atoms with Crippen LogP contribution in [-0.2, 0) is 10.2 Å². The first-order valence-electron chi connectivity index (χ1n) is 9.97. The van der Waals surface area contributed by atoms with E-state index in [0.29, 0.717) is 36.2 Å². The second-order valence-corrected chi connectivity index (χ2v) is 7.39. The molecular weight excluding hydrogens is 366 g/mol. The van der Waals surface area contributed by atoms with E-state index >= 15 is 0 Å². The van der Waals surface area contributed by atoms with Crippen LogP contribution in [0.2, 0.25) is 0 Å². The number of aromatic nitrogens is 1. The Bertz CT molecular complexity index is 1220. The number of carbonyl (C=O) groups excluding carboxylic acids is 1. The van der Waals surface area contributed by atoms with Crippen LogP contribution >= 0.6 is 0 Å². The van der Waals surface area contributed by atoms with Crippen molar-refractivity contribution in [1.29, 1.82) is 0 Å². The quantitative estimate of drug-likeness (QED) is 0.665. The van der Waals surface area contributed by atoms with E-state index < -0.39 is 5.41 Å². The van der Waals surface area contributed by atoms with Crippen LogP contribution in [0.4, 0.5) is 0 Å². The molecule has 148 valence electrons. The fourth-order valence-corrected chi connectivity index (χ4v) is 4.27. The van der Waals surface area contributed by atoms with Gasteiger partial charge < -0.3 is 9.52 Å². The molecule has 4 rings (SSSR count). The molecule has 0 radical (unpaired) electrons. The smallest absolute Gasteiger partial charge is 0.196 e. The molecule has 0 amide bonds. The minimum atomic E-state index is -0.952. The first-order valence-corrected chi connectivity index (χ1v) is 9.97. The highest BCUT2D eigenvalue weighted by atomic mass is 16.3. The number of rotatable bonds is 4. The van der Waals surface area contributed by atoms with E-state index in [1.165, 1.54) is 6.07 Å². The Morgan fingerprint density at radius 3 is 2.48 bits per heavy atom. The zero-order valence-electron chi connectivity index (χ0n) is 16.8. The summed E-state index contributed by atoms with van der Waals surface area (Å²) < 4.78 is 6.19. The number of fused-ring (bicyclic) bond motifs is 2. The molecule has 0 unspecified atom stereocenters. The van der Waals surface area contributed by atoms with Crippen molar-refractivity contribution in [2.75, 3.05) is 0 Å². The van der Waals surface area contributed by atoms with Crippen LogP contribution in [0, 0.1) is 0 Å². The van der Waals surface area contributed by atoms with Gasteiger partial charge in [-0.25, -0.2) is 0 Å². The van der Waals surface area contributed by atoms with Crippen LogP contribution in [0.25, 0.3) is 28.0 Å². The van der Waals surface area contributed by atoms with E-state index in [2.05, 4.69) is 4.98 Å². The molecule has 1 aliphatic rings. The molecule has 0 aliphatic heterocycles. The van der Waals surface area contributed by atoms with Gasteiger partial charge in [0.25, 0.3) is 0 Å². The lowest BCUT2D eigenvalue weighted by molar-refractivity contribution is -0.122. The predicted molar refractivity (Wildman–Crippen MR) is 113 cm³/mol. The number of Topliss-reactive ketones (excluding diaryl/α,β-unsaturated/α-hetero) is 1. The van der Waals surface area contributed by atoms with E-state index in [0.717, 1.165) is 10.9 Å². The summed E-state index contributed by atoms with van der Waals surface area (Å²) in [6.07, 6.45) is 2.98. The van der Waals surface area contributed by atoms with Gasteiger partial charge in [-0.3, -0.25) is 14.6 Å². The Labute approximate surface area is 168 Å². The van der Waals surface area contributed by atoms with Gasteiger partial charge in [-0.15, -0.1) is 0 Å². The molecule has 0 saturated heterocycles. The molecule has 1 aliphatic carbocycles. The molecule has 29 heavy (non-hydrogen) atoms. The maximum atomic E-state index is 13.3. The Hall–Kier alpha value is -3.21. The molecule has 0 fully saturated rings. The van der Waals surface area contributed by atoms with Crippen molar-refractivity contribution >= 4 is 22.4 Å². The lowest BCUT2D eigenvalue weighted by Gasteiger charge is -2.35. The molecule has 5 heteroatoms. The van der Waals surface area contributed by atoms with Crippen LogP contribution in [0.1, 0.15) is 51.4 Å². The first-order chi connectivity index (χ1) is 14.0. The summed E-state index contributed by atoms with van der Waals surface area (Å²) in [7, 11) is 0. The molecule has 1 aromatic carbocycles. The Kier molecular flexibility index (Phi) is 4.61. The number of benzene rings is 1. The number of aliphatic hydroxyl groups excluding tert-OH is 1. The third kappa shape index (κ3) is 2.72. The summed E-state index contributed by atoms with van der Waals surface area (Å²) in [4.78, 5) is 30.7. The highest BCUT2D eigenvalue weighted by Gasteiger charge is 2.48. The molecule has 0 spiro atoms. The van der Waals surface area contributed by atoms with Crippen LogP contribution in [0.5, 0.6) is 0 Å². The monoisotopic (exact) mass is 389 g/mol. The fourth-order valence-electron chi connectivity index (χ4n) is 4.27. The first kappa shape index (κ1) is 19.1. The average Bonchev–Trinajstić information content (AvgIpc) is 2.74. The second-order valence-electron chi connectivity index (χ2n) is 7.39. The summed E-state index contributed by atoms with van der Waals surface area (Å²) in [5.41, 5.74) is 0.609. The number of allylic oxidation sites excluding steroid dienone is 1. The molecule has 3 aromatic rings. The Balaban J connectivity index is 2.01. The SMILES string of the molecule is CCC1=C(O)c2c(oc(-c3cnc4ccccc4c3)cc2=O)C(CC)(CC)C1=O. The number of aliphatic hydroxyl groups is 1. The highest BCUT2D eigenvalue weighted by Crippen LogP contribution is 2.44. The number of ketones is 1. The highest BCUT2D eigenvalue weighted by molar-refractivity contribution is 6.10. The van der Waals surface area contributed by atoms with Crippen molar-refractivity contribution in [3.8, 4) is 11.3 Å². The van der Waals surface area contributed by atoms with Gasteiger partial charge in [0.15, 0.2) is 11.2 Å². The zero-order chi connectivity index (χ0) is 20.8. The minimum Gasteiger partial charge on any atom is -0.507 e.